The van der Waals surface area contributed by atoms with Gasteiger partial charge in [0.25, 0.3) is 0 Å². The van der Waals surface area contributed by atoms with E-state index in [1.165, 1.54) is 0 Å². The zero-order chi connectivity index (χ0) is 18.4. The predicted octanol–water partition coefficient (Wildman–Crippen LogP) is 0.308. The van der Waals surface area contributed by atoms with Crippen molar-refractivity contribution in [3.63, 3.8) is 0 Å². The zero-order valence-corrected chi connectivity index (χ0v) is 14.4. The number of ether oxygens (including phenoxy) is 5. The van der Waals surface area contributed by atoms with Crippen LogP contribution in [-0.2, 0) is 42.9 Å². The van der Waals surface area contributed by atoms with Crippen LogP contribution in [-0.4, -0.2) is 60.5 Å². The highest BCUT2D eigenvalue weighted by molar-refractivity contribution is 6.18. The Kier molecular flexibility index (Phi) is 7.43. The third-order valence-electron chi connectivity index (χ3n) is 2.93. The molecule has 1 fully saturated rings. The van der Waals surface area contributed by atoms with Crippen molar-refractivity contribution < 1.29 is 42.9 Å². The largest absolute Gasteiger partial charge is 0.456 e. The van der Waals surface area contributed by atoms with E-state index in [9.17, 15) is 19.2 Å². The van der Waals surface area contributed by atoms with Gasteiger partial charge < -0.3 is 23.7 Å². The molecule has 1 heterocycles. The number of rotatable bonds is 5. The molecule has 1 aliphatic rings. The minimum absolute atomic E-state index is 0.153. The van der Waals surface area contributed by atoms with Gasteiger partial charge in [-0.3, -0.25) is 19.2 Å². The first kappa shape index (κ1) is 20.2. The molecule has 0 bridgehead atoms. The van der Waals surface area contributed by atoms with Crippen LogP contribution in [0.5, 0.6) is 0 Å². The van der Waals surface area contributed by atoms with Crippen molar-refractivity contribution in [3.8, 4) is 0 Å². The average molecular weight is 367 g/mol. The number of carbonyl (C=O) groups excluding carboxylic acids is 4. The molecule has 24 heavy (non-hydrogen) atoms. The van der Waals surface area contributed by atoms with Crippen molar-refractivity contribution in [1.82, 2.24) is 0 Å². The molecule has 0 aromatic heterocycles. The molecule has 5 atom stereocenters. The molecule has 0 aliphatic carbocycles. The second kappa shape index (κ2) is 8.84. The van der Waals surface area contributed by atoms with Gasteiger partial charge in [0.2, 0.25) is 12.4 Å². The van der Waals surface area contributed by atoms with Gasteiger partial charge in [-0.2, -0.15) is 0 Å². The lowest BCUT2D eigenvalue weighted by atomic mass is 9.98. The van der Waals surface area contributed by atoms with Gasteiger partial charge in [0.05, 0.1) is 5.88 Å². The fraction of sp³-hybridized carbons (Fsp3) is 0.714. The maximum Gasteiger partial charge on any atom is 0.305 e. The van der Waals surface area contributed by atoms with Crippen LogP contribution in [0.15, 0.2) is 0 Å². The SMILES string of the molecule is CC(=O)OC1OC(CCl)C(OC(C)=O)C(OC(C)=O)C1OC(C)=O. The summed E-state index contributed by atoms with van der Waals surface area (Å²) in [6.45, 7) is 4.52. The van der Waals surface area contributed by atoms with Crippen molar-refractivity contribution in [1.29, 1.82) is 0 Å². The highest BCUT2D eigenvalue weighted by atomic mass is 35.5. The molecule has 5 unspecified atom stereocenters. The van der Waals surface area contributed by atoms with Crippen molar-refractivity contribution in [3.05, 3.63) is 0 Å². The summed E-state index contributed by atoms with van der Waals surface area (Å²) in [7, 11) is 0. The fourth-order valence-electron chi connectivity index (χ4n) is 2.24. The van der Waals surface area contributed by atoms with Crippen LogP contribution < -0.4 is 0 Å². The molecule has 0 amide bonds. The monoisotopic (exact) mass is 366 g/mol. The first-order chi connectivity index (χ1) is 11.1. The molecule has 0 saturated carbocycles. The maximum atomic E-state index is 11.4. The van der Waals surface area contributed by atoms with Gasteiger partial charge in [-0.15, -0.1) is 11.6 Å². The molecule has 9 nitrogen and oxygen atoms in total. The van der Waals surface area contributed by atoms with Gasteiger partial charge in [0, 0.05) is 27.7 Å². The second-order valence-electron chi connectivity index (χ2n) is 5.03. The van der Waals surface area contributed by atoms with Gasteiger partial charge in [-0.05, 0) is 0 Å². The summed E-state index contributed by atoms with van der Waals surface area (Å²) in [6.07, 6.45) is -6.03. The highest BCUT2D eigenvalue weighted by Crippen LogP contribution is 2.30. The van der Waals surface area contributed by atoms with E-state index in [1.54, 1.807) is 0 Å². The van der Waals surface area contributed by atoms with E-state index >= 15 is 0 Å². The highest BCUT2D eigenvalue weighted by Gasteiger charge is 2.52. The second-order valence-corrected chi connectivity index (χ2v) is 5.34. The number of alkyl halides is 1. The number of carbonyl (C=O) groups is 4. The molecule has 0 aromatic carbocycles. The molecular formula is C14H19ClO9. The van der Waals surface area contributed by atoms with Gasteiger partial charge in [-0.25, -0.2) is 0 Å². The Labute approximate surface area is 143 Å². The Morgan fingerprint density at radius 1 is 0.750 bits per heavy atom. The normalized spacial score (nSPS) is 29.3. The van der Waals surface area contributed by atoms with Crippen molar-refractivity contribution >= 4 is 35.5 Å². The van der Waals surface area contributed by atoms with Gasteiger partial charge in [-0.1, -0.05) is 0 Å². The summed E-state index contributed by atoms with van der Waals surface area (Å²) in [4.78, 5) is 45.4. The van der Waals surface area contributed by atoms with Crippen molar-refractivity contribution in [2.75, 3.05) is 5.88 Å². The minimum Gasteiger partial charge on any atom is -0.456 e. The maximum absolute atomic E-state index is 11.4. The van der Waals surface area contributed by atoms with Crippen LogP contribution in [0.4, 0.5) is 0 Å². The van der Waals surface area contributed by atoms with Crippen molar-refractivity contribution in [2.45, 2.75) is 58.4 Å². The van der Waals surface area contributed by atoms with Crippen LogP contribution in [0.3, 0.4) is 0 Å². The molecule has 0 aromatic rings. The zero-order valence-electron chi connectivity index (χ0n) is 13.6. The van der Waals surface area contributed by atoms with Crippen LogP contribution in [0.25, 0.3) is 0 Å². The Hall–Kier alpha value is -1.87. The van der Waals surface area contributed by atoms with Crippen LogP contribution in [0.1, 0.15) is 27.7 Å². The van der Waals surface area contributed by atoms with E-state index in [0.717, 1.165) is 27.7 Å². The first-order valence-electron chi connectivity index (χ1n) is 7.06. The summed E-state index contributed by atoms with van der Waals surface area (Å²) >= 11 is 5.81. The number of hydrogen-bond acceptors (Lipinski definition) is 9. The third kappa shape index (κ3) is 5.64. The quantitative estimate of drug-likeness (QED) is 0.385. The van der Waals surface area contributed by atoms with E-state index in [1.807, 2.05) is 0 Å². The van der Waals surface area contributed by atoms with E-state index in [-0.39, 0.29) is 5.88 Å². The van der Waals surface area contributed by atoms with Crippen LogP contribution >= 0.6 is 11.6 Å². The van der Waals surface area contributed by atoms with Gasteiger partial charge in [0.1, 0.15) is 6.10 Å². The fourth-order valence-corrected chi connectivity index (χ4v) is 2.49. The molecule has 136 valence electrons. The number of esters is 4. The average Bonchev–Trinajstić information content (AvgIpc) is 2.42. The van der Waals surface area contributed by atoms with Crippen LogP contribution in [0.2, 0.25) is 0 Å². The number of halogens is 1. The predicted molar refractivity (Wildman–Crippen MR) is 77.8 cm³/mol. The number of hydrogen-bond donors (Lipinski definition) is 0. The summed E-state index contributed by atoms with van der Waals surface area (Å²) in [5.74, 6) is -2.99. The molecule has 0 radical (unpaired) electrons. The van der Waals surface area contributed by atoms with E-state index < -0.39 is 54.6 Å². The molecular weight excluding hydrogens is 348 g/mol. The Bertz CT molecular complexity index is 506. The minimum atomic E-state index is -1.37. The van der Waals surface area contributed by atoms with E-state index in [4.69, 9.17) is 35.3 Å². The molecule has 10 heteroatoms. The summed E-state index contributed by atoms with van der Waals surface area (Å²) < 4.78 is 25.8. The molecule has 1 saturated heterocycles. The Balaban J connectivity index is 3.23. The molecule has 0 N–H and O–H groups in total. The van der Waals surface area contributed by atoms with E-state index in [0.29, 0.717) is 0 Å². The lowest BCUT2D eigenvalue weighted by Gasteiger charge is -2.43. The standard InChI is InChI=1S/C14H19ClO9/c1-6(16)20-11-10(5-15)24-14(23-9(4)19)13(22-8(3)18)12(11)21-7(2)17/h10-14H,5H2,1-4H3. The van der Waals surface area contributed by atoms with Gasteiger partial charge >= 0.3 is 23.9 Å². The molecule has 1 rings (SSSR count). The topological polar surface area (TPSA) is 114 Å². The van der Waals surface area contributed by atoms with Crippen LogP contribution in [0, 0.1) is 0 Å². The first-order valence-corrected chi connectivity index (χ1v) is 7.59. The lowest BCUT2D eigenvalue weighted by Crippen LogP contribution is -2.62. The smallest absolute Gasteiger partial charge is 0.305 e. The Morgan fingerprint density at radius 2 is 1.17 bits per heavy atom. The van der Waals surface area contributed by atoms with Gasteiger partial charge in [0.15, 0.2) is 12.2 Å². The van der Waals surface area contributed by atoms with Crippen molar-refractivity contribution in [2.24, 2.45) is 0 Å². The summed E-state index contributed by atoms with van der Waals surface area (Å²) in [6, 6.07) is 0. The molecule has 1 aliphatic heterocycles. The lowest BCUT2D eigenvalue weighted by molar-refractivity contribution is -0.292. The molecule has 0 spiro atoms. The third-order valence-corrected chi connectivity index (χ3v) is 3.24. The summed E-state index contributed by atoms with van der Waals surface area (Å²) in [5, 5.41) is 0. The van der Waals surface area contributed by atoms with E-state index in [2.05, 4.69) is 0 Å². The summed E-state index contributed by atoms with van der Waals surface area (Å²) in [5.41, 5.74) is 0. The Morgan fingerprint density at radius 3 is 1.58 bits per heavy atom.